The Kier molecular flexibility index (Phi) is 4.83. The molecule has 0 bridgehead atoms. The lowest BCUT2D eigenvalue weighted by atomic mass is 10.1. The highest BCUT2D eigenvalue weighted by molar-refractivity contribution is 6.22. The maximum absolute atomic E-state index is 12.3. The zero-order chi connectivity index (χ0) is 15.0. The summed E-state index contributed by atoms with van der Waals surface area (Å²) in [6.45, 7) is 0.913. The number of amides is 3. The standard InChI is InChI=1S/C15H17N3O3.ClH/c16-10-4-3-7-17(8-10)13(19)9-18-14(20)11-5-1-2-6-12(11)15(18)21;/h1-2,5-6,10H,3-4,7-9,16H2;1H. The molecule has 0 aliphatic carbocycles. The number of benzene rings is 1. The van der Waals surface area contributed by atoms with Crippen molar-refractivity contribution in [1.82, 2.24) is 9.80 Å². The predicted octanol–water partition coefficient (Wildman–Crippen LogP) is 0.654. The first kappa shape index (κ1) is 16.5. The minimum absolute atomic E-state index is 0. The first-order valence-electron chi connectivity index (χ1n) is 7.06. The fraction of sp³-hybridized carbons (Fsp3) is 0.400. The average molecular weight is 324 g/mol. The summed E-state index contributed by atoms with van der Waals surface area (Å²) in [4.78, 5) is 39.3. The Morgan fingerprint density at radius 3 is 2.32 bits per heavy atom. The van der Waals surface area contributed by atoms with Crippen molar-refractivity contribution in [1.29, 1.82) is 0 Å². The maximum atomic E-state index is 12.3. The molecule has 0 aromatic heterocycles. The summed E-state index contributed by atoms with van der Waals surface area (Å²) in [7, 11) is 0. The van der Waals surface area contributed by atoms with E-state index in [1.165, 1.54) is 0 Å². The van der Waals surface area contributed by atoms with Crippen LogP contribution in [0.4, 0.5) is 0 Å². The number of rotatable bonds is 2. The van der Waals surface area contributed by atoms with Gasteiger partial charge in [-0.15, -0.1) is 12.4 Å². The van der Waals surface area contributed by atoms with E-state index < -0.39 is 11.8 Å². The van der Waals surface area contributed by atoms with Crippen molar-refractivity contribution in [3.63, 3.8) is 0 Å². The number of fused-ring (bicyclic) bond motifs is 1. The normalized spacial score (nSPS) is 20.7. The summed E-state index contributed by atoms with van der Waals surface area (Å²) in [6, 6.07) is 6.61. The van der Waals surface area contributed by atoms with Crippen molar-refractivity contribution in [3.05, 3.63) is 35.4 Å². The Hall–Kier alpha value is -1.92. The molecule has 2 heterocycles. The van der Waals surface area contributed by atoms with Crippen LogP contribution in [-0.2, 0) is 4.79 Å². The second-order valence-corrected chi connectivity index (χ2v) is 5.48. The van der Waals surface area contributed by atoms with E-state index in [-0.39, 0.29) is 30.9 Å². The zero-order valence-electron chi connectivity index (χ0n) is 12.0. The minimum atomic E-state index is -0.398. The zero-order valence-corrected chi connectivity index (χ0v) is 12.8. The van der Waals surface area contributed by atoms with Gasteiger partial charge in [0.05, 0.1) is 11.1 Å². The molecule has 1 unspecified atom stereocenters. The van der Waals surface area contributed by atoms with Gasteiger partial charge in [-0.25, -0.2) is 0 Å². The van der Waals surface area contributed by atoms with E-state index in [0.29, 0.717) is 24.2 Å². The molecule has 1 aromatic rings. The van der Waals surface area contributed by atoms with Gasteiger partial charge in [-0.3, -0.25) is 19.3 Å². The van der Waals surface area contributed by atoms with E-state index in [0.717, 1.165) is 17.7 Å². The number of nitrogens with two attached hydrogens (primary N) is 1. The lowest BCUT2D eigenvalue weighted by Gasteiger charge is -2.31. The Bertz CT molecular complexity index is 585. The molecule has 118 valence electrons. The molecule has 2 aliphatic rings. The third kappa shape index (κ3) is 2.84. The fourth-order valence-electron chi connectivity index (χ4n) is 2.85. The van der Waals surface area contributed by atoms with Crippen LogP contribution in [0, 0.1) is 0 Å². The van der Waals surface area contributed by atoms with Gasteiger partial charge in [0, 0.05) is 19.1 Å². The van der Waals surface area contributed by atoms with Crippen LogP contribution in [0.5, 0.6) is 0 Å². The summed E-state index contributed by atoms with van der Waals surface area (Å²) in [5.41, 5.74) is 6.59. The van der Waals surface area contributed by atoms with E-state index in [9.17, 15) is 14.4 Å². The molecule has 2 aliphatic heterocycles. The van der Waals surface area contributed by atoms with Gasteiger partial charge in [0.25, 0.3) is 11.8 Å². The summed E-state index contributed by atoms with van der Waals surface area (Å²) in [6.07, 6.45) is 1.76. The van der Waals surface area contributed by atoms with E-state index in [2.05, 4.69) is 0 Å². The SMILES string of the molecule is Cl.NC1CCCN(C(=O)CN2C(=O)c3ccccc3C2=O)C1. The topological polar surface area (TPSA) is 83.7 Å². The number of piperidine rings is 1. The molecule has 0 radical (unpaired) electrons. The lowest BCUT2D eigenvalue weighted by Crippen LogP contribution is -2.49. The molecule has 7 heteroatoms. The second-order valence-electron chi connectivity index (χ2n) is 5.48. The fourth-order valence-corrected chi connectivity index (χ4v) is 2.85. The largest absolute Gasteiger partial charge is 0.340 e. The van der Waals surface area contributed by atoms with E-state index in [1.54, 1.807) is 29.2 Å². The first-order chi connectivity index (χ1) is 10.1. The maximum Gasteiger partial charge on any atom is 0.262 e. The van der Waals surface area contributed by atoms with Gasteiger partial charge < -0.3 is 10.6 Å². The molecule has 0 saturated carbocycles. The summed E-state index contributed by atoms with van der Waals surface area (Å²) < 4.78 is 0. The Labute approximate surface area is 134 Å². The minimum Gasteiger partial charge on any atom is -0.340 e. The molecule has 1 atom stereocenters. The average Bonchev–Trinajstić information content (AvgIpc) is 2.73. The van der Waals surface area contributed by atoms with Crippen molar-refractivity contribution in [2.45, 2.75) is 18.9 Å². The van der Waals surface area contributed by atoms with Crippen LogP contribution in [0.25, 0.3) is 0 Å². The van der Waals surface area contributed by atoms with Crippen LogP contribution in [0.1, 0.15) is 33.6 Å². The van der Waals surface area contributed by atoms with Gasteiger partial charge in [-0.1, -0.05) is 12.1 Å². The Morgan fingerprint density at radius 1 is 1.18 bits per heavy atom. The third-order valence-electron chi connectivity index (χ3n) is 3.98. The van der Waals surface area contributed by atoms with Gasteiger partial charge in [-0.05, 0) is 25.0 Å². The first-order valence-corrected chi connectivity index (χ1v) is 7.06. The summed E-state index contributed by atoms with van der Waals surface area (Å²) >= 11 is 0. The number of carbonyl (C=O) groups is 3. The number of halogens is 1. The number of nitrogens with zero attached hydrogens (tertiary/aromatic N) is 2. The lowest BCUT2D eigenvalue weighted by molar-refractivity contribution is -0.132. The highest BCUT2D eigenvalue weighted by Gasteiger charge is 2.37. The van der Waals surface area contributed by atoms with Gasteiger partial charge in [0.15, 0.2) is 0 Å². The smallest absolute Gasteiger partial charge is 0.262 e. The van der Waals surface area contributed by atoms with Crippen LogP contribution in [0.3, 0.4) is 0 Å². The second kappa shape index (κ2) is 6.46. The van der Waals surface area contributed by atoms with Crippen LogP contribution in [0.2, 0.25) is 0 Å². The van der Waals surface area contributed by atoms with Crippen molar-refractivity contribution in [2.75, 3.05) is 19.6 Å². The molecule has 3 rings (SSSR count). The quantitative estimate of drug-likeness (QED) is 0.810. The highest BCUT2D eigenvalue weighted by atomic mass is 35.5. The van der Waals surface area contributed by atoms with Crippen molar-refractivity contribution >= 4 is 30.1 Å². The molecule has 1 saturated heterocycles. The summed E-state index contributed by atoms with van der Waals surface area (Å²) in [5.74, 6) is -1.02. The van der Waals surface area contributed by atoms with Crippen LogP contribution >= 0.6 is 12.4 Å². The number of carbonyl (C=O) groups excluding carboxylic acids is 3. The molecule has 0 spiro atoms. The third-order valence-corrected chi connectivity index (χ3v) is 3.98. The molecular weight excluding hydrogens is 306 g/mol. The highest BCUT2D eigenvalue weighted by Crippen LogP contribution is 2.22. The number of likely N-dealkylation sites (tertiary alicyclic amines) is 1. The monoisotopic (exact) mass is 323 g/mol. The number of hydrogen-bond donors (Lipinski definition) is 1. The van der Waals surface area contributed by atoms with E-state index in [4.69, 9.17) is 5.73 Å². The van der Waals surface area contributed by atoms with Gasteiger partial charge in [0.1, 0.15) is 6.54 Å². The van der Waals surface area contributed by atoms with Gasteiger partial charge >= 0.3 is 0 Å². The molecule has 22 heavy (non-hydrogen) atoms. The summed E-state index contributed by atoms with van der Waals surface area (Å²) in [5, 5.41) is 0. The van der Waals surface area contributed by atoms with Crippen molar-refractivity contribution < 1.29 is 14.4 Å². The van der Waals surface area contributed by atoms with E-state index in [1.807, 2.05) is 0 Å². The molecule has 6 nitrogen and oxygen atoms in total. The Morgan fingerprint density at radius 2 is 1.77 bits per heavy atom. The van der Waals surface area contributed by atoms with Gasteiger partial charge in [0.2, 0.25) is 5.91 Å². The van der Waals surface area contributed by atoms with Crippen LogP contribution < -0.4 is 5.73 Å². The Balaban J connectivity index is 0.00000176. The predicted molar refractivity (Wildman–Crippen MR) is 82.8 cm³/mol. The van der Waals surface area contributed by atoms with E-state index >= 15 is 0 Å². The molecule has 2 N–H and O–H groups in total. The number of hydrogen-bond acceptors (Lipinski definition) is 4. The van der Waals surface area contributed by atoms with Crippen molar-refractivity contribution in [2.24, 2.45) is 5.73 Å². The van der Waals surface area contributed by atoms with Crippen LogP contribution in [-0.4, -0.2) is 53.2 Å². The van der Waals surface area contributed by atoms with Gasteiger partial charge in [-0.2, -0.15) is 0 Å². The number of imide groups is 1. The molecular formula is C15H18ClN3O3. The molecule has 1 aromatic carbocycles. The molecule has 1 fully saturated rings. The van der Waals surface area contributed by atoms with Crippen molar-refractivity contribution in [3.8, 4) is 0 Å². The van der Waals surface area contributed by atoms with Crippen LogP contribution in [0.15, 0.2) is 24.3 Å². The molecule has 3 amide bonds.